The van der Waals surface area contributed by atoms with E-state index in [1.165, 1.54) is 31.3 Å². The normalized spacial score (nSPS) is 11.3. The highest BCUT2D eigenvalue weighted by molar-refractivity contribution is 6.08. The fraction of sp³-hybridized carbons (Fsp3) is 0.121. The predicted octanol–water partition coefficient (Wildman–Crippen LogP) is 6.36. The number of carboxylic acid groups (broad SMARTS) is 1. The smallest absolute Gasteiger partial charge is 0.416 e. The van der Waals surface area contributed by atoms with Gasteiger partial charge in [0.15, 0.2) is 0 Å². The fourth-order valence-electron chi connectivity index (χ4n) is 4.84. The molecule has 0 aliphatic heterocycles. The van der Waals surface area contributed by atoms with Gasteiger partial charge in [0.05, 0.1) is 22.2 Å². The summed E-state index contributed by atoms with van der Waals surface area (Å²) in [7, 11) is 1.54. The van der Waals surface area contributed by atoms with E-state index < -0.39 is 23.6 Å². The number of halogens is 3. The maximum absolute atomic E-state index is 13.7. The zero-order chi connectivity index (χ0) is 30.7. The Hall–Kier alpha value is -5.38. The molecule has 0 saturated heterocycles. The Morgan fingerprint density at radius 2 is 1.49 bits per heavy atom. The zero-order valence-electron chi connectivity index (χ0n) is 22.9. The van der Waals surface area contributed by atoms with E-state index in [0.717, 1.165) is 23.1 Å². The third kappa shape index (κ3) is 6.43. The van der Waals surface area contributed by atoms with Crippen molar-refractivity contribution >= 4 is 28.7 Å². The minimum Gasteiger partial charge on any atom is -0.478 e. The molecular formula is C33H26F3N3O4. The van der Waals surface area contributed by atoms with Crippen LogP contribution in [0.3, 0.4) is 0 Å². The van der Waals surface area contributed by atoms with Crippen LogP contribution in [-0.4, -0.2) is 34.5 Å². The third-order valence-electron chi connectivity index (χ3n) is 7.08. The van der Waals surface area contributed by atoms with E-state index >= 15 is 0 Å². The Morgan fingerprint density at radius 1 is 0.791 bits per heavy atom. The lowest BCUT2D eigenvalue weighted by Gasteiger charge is -2.14. The first-order valence-electron chi connectivity index (χ1n) is 13.3. The molecule has 0 spiro atoms. The van der Waals surface area contributed by atoms with Crippen LogP contribution in [0.5, 0.6) is 0 Å². The SMILES string of the molecule is CNC(=O)c1cccc(-c2cc(C(=O)NCc3ccc(C(=O)O)cc3)c3c(ccn3Cc3ccc(C(F)(F)F)cc3)c2)c1. The van der Waals surface area contributed by atoms with Crippen molar-refractivity contribution in [2.75, 3.05) is 7.05 Å². The summed E-state index contributed by atoms with van der Waals surface area (Å²) in [4.78, 5) is 37.1. The summed E-state index contributed by atoms with van der Waals surface area (Å²) >= 11 is 0. The van der Waals surface area contributed by atoms with E-state index in [1.54, 1.807) is 47.2 Å². The number of alkyl halides is 3. The van der Waals surface area contributed by atoms with Crippen LogP contribution >= 0.6 is 0 Å². The molecule has 0 bridgehead atoms. The highest BCUT2D eigenvalue weighted by Gasteiger charge is 2.30. The monoisotopic (exact) mass is 585 g/mol. The van der Waals surface area contributed by atoms with Crippen LogP contribution < -0.4 is 10.6 Å². The van der Waals surface area contributed by atoms with Crippen LogP contribution in [0.4, 0.5) is 13.2 Å². The summed E-state index contributed by atoms with van der Waals surface area (Å²) in [5.74, 6) is -1.70. The number of carboxylic acids is 1. The molecule has 0 fully saturated rings. The van der Waals surface area contributed by atoms with Gasteiger partial charge in [-0.25, -0.2) is 4.79 Å². The molecular weight excluding hydrogens is 559 g/mol. The summed E-state index contributed by atoms with van der Waals surface area (Å²) in [5.41, 5.74) is 3.50. The standard InChI is InChI=1S/C33H26F3N3O4/c1-37-30(40)25-4-2-3-23(15-25)26-16-24-13-14-39(19-21-7-11-27(12-8-21)33(34,35)36)29(24)28(17-26)31(41)38-18-20-5-9-22(10-6-20)32(42)43/h2-17H,18-19H2,1H3,(H,37,40)(H,38,41)(H,42,43). The molecule has 5 aromatic rings. The lowest BCUT2D eigenvalue weighted by atomic mass is 9.98. The van der Waals surface area contributed by atoms with Gasteiger partial charge in [-0.1, -0.05) is 36.4 Å². The summed E-state index contributed by atoms with van der Waals surface area (Å²) in [5, 5.41) is 15.4. The summed E-state index contributed by atoms with van der Waals surface area (Å²) in [6, 6.07) is 23.5. The first-order chi connectivity index (χ1) is 20.5. The Kier molecular flexibility index (Phi) is 8.03. The molecule has 43 heavy (non-hydrogen) atoms. The number of carbonyl (C=O) groups excluding carboxylic acids is 2. The van der Waals surface area contributed by atoms with E-state index in [1.807, 2.05) is 18.2 Å². The number of aromatic nitrogens is 1. The van der Waals surface area contributed by atoms with E-state index in [0.29, 0.717) is 33.3 Å². The van der Waals surface area contributed by atoms with Gasteiger partial charge in [0.2, 0.25) is 0 Å². The predicted molar refractivity (Wildman–Crippen MR) is 156 cm³/mol. The van der Waals surface area contributed by atoms with Crippen molar-refractivity contribution in [2.24, 2.45) is 0 Å². The molecule has 0 atom stereocenters. The van der Waals surface area contributed by atoms with Gasteiger partial charge in [-0.05, 0) is 76.9 Å². The van der Waals surface area contributed by atoms with Gasteiger partial charge in [-0.15, -0.1) is 0 Å². The summed E-state index contributed by atoms with van der Waals surface area (Å²) in [6.45, 7) is 0.361. The Bertz CT molecular complexity index is 1830. The molecule has 3 N–H and O–H groups in total. The van der Waals surface area contributed by atoms with Crippen LogP contribution in [-0.2, 0) is 19.3 Å². The number of amides is 2. The first kappa shape index (κ1) is 29.1. The van der Waals surface area contributed by atoms with Gasteiger partial charge in [-0.3, -0.25) is 9.59 Å². The Balaban J connectivity index is 1.53. The molecule has 7 nitrogen and oxygen atoms in total. The van der Waals surface area contributed by atoms with E-state index in [-0.39, 0.29) is 24.6 Å². The maximum Gasteiger partial charge on any atom is 0.416 e. The molecule has 0 saturated carbocycles. The number of hydrogen-bond donors (Lipinski definition) is 3. The Labute approximate surface area is 244 Å². The van der Waals surface area contributed by atoms with E-state index in [4.69, 9.17) is 5.11 Å². The number of benzene rings is 4. The van der Waals surface area contributed by atoms with Crippen LogP contribution in [0.2, 0.25) is 0 Å². The molecule has 1 aromatic heterocycles. The summed E-state index contributed by atoms with van der Waals surface area (Å²) < 4.78 is 41.0. The lowest BCUT2D eigenvalue weighted by molar-refractivity contribution is -0.137. The van der Waals surface area contributed by atoms with Crippen molar-refractivity contribution in [3.63, 3.8) is 0 Å². The highest BCUT2D eigenvalue weighted by Crippen LogP contribution is 2.32. The van der Waals surface area contributed by atoms with Crippen LogP contribution in [0.1, 0.15) is 47.8 Å². The number of nitrogens with one attached hydrogen (secondary N) is 2. The minimum atomic E-state index is -4.44. The quantitative estimate of drug-likeness (QED) is 0.197. The molecule has 10 heteroatoms. The maximum atomic E-state index is 13.7. The number of hydrogen-bond acceptors (Lipinski definition) is 3. The van der Waals surface area contributed by atoms with Gasteiger partial charge < -0.3 is 20.3 Å². The Morgan fingerprint density at radius 3 is 2.14 bits per heavy atom. The second-order valence-electron chi connectivity index (χ2n) is 9.94. The number of aromatic carboxylic acids is 1. The second-order valence-corrected chi connectivity index (χ2v) is 9.94. The molecule has 0 aliphatic carbocycles. The number of fused-ring (bicyclic) bond motifs is 1. The van der Waals surface area contributed by atoms with Crippen LogP contribution in [0, 0.1) is 0 Å². The number of rotatable bonds is 8. The molecule has 0 aliphatic rings. The number of nitrogens with zero attached hydrogens (tertiary/aromatic N) is 1. The van der Waals surface area contributed by atoms with Crippen molar-refractivity contribution in [2.45, 2.75) is 19.3 Å². The molecule has 2 amide bonds. The van der Waals surface area contributed by atoms with Crippen LogP contribution in [0.25, 0.3) is 22.0 Å². The van der Waals surface area contributed by atoms with Crippen molar-refractivity contribution in [1.29, 1.82) is 0 Å². The van der Waals surface area contributed by atoms with Crippen molar-refractivity contribution in [3.05, 3.63) is 131 Å². The molecule has 0 radical (unpaired) electrons. The lowest BCUT2D eigenvalue weighted by Crippen LogP contribution is -2.23. The van der Waals surface area contributed by atoms with Gasteiger partial charge >= 0.3 is 12.1 Å². The largest absolute Gasteiger partial charge is 0.478 e. The van der Waals surface area contributed by atoms with Crippen molar-refractivity contribution in [1.82, 2.24) is 15.2 Å². The van der Waals surface area contributed by atoms with Crippen LogP contribution in [0.15, 0.2) is 97.2 Å². The van der Waals surface area contributed by atoms with Gasteiger partial charge in [0.1, 0.15) is 0 Å². The van der Waals surface area contributed by atoms with Gasteiger partial charge in [0, 0.05) is 37.3 Å². The molecule has 4 aromatic carbocycles. The summed E-state index contributed by atoms with van der Waals surface area (Å²) in [6.07, 6.45) is -2.67. The average Bonchev–Trinajstić information content (AvgIpc) is 3.41. The molecule has 1 heterocycles. The van der Waals surface area contributed by atoms with Crippen molar-refractivity contribution in [3.8, 4) is 11.1 Å². The topological polar surface area (TPSA) is 100 Å². The van der Waals surface area contributed by atoms with Gasteiger partial charge in [0.25, 0.3) is 11.8 Å². The fourth-order valence-corrected chi connectivity index (χ4v) is 4.84. The molecule has 0 unspecified atom stereocenters. The van der Waals surface area contributed by atoms with Gasteiger partial charge in [-0.2, -0.15) is 13.2 Å². The molecule has 218 valence electrons. The van der Waals surface area contributed by atoms with E-state index in [9.17, 15) is 27.6 Å². The number of carbonyl (C=O) groups is 3. The van der Waals surface area contributed by atoms with E-state index in [2.05, 4.69) is 10.6 Å². The zero-order valence-corrected chi connectivity index (χ0v) is 22.9. The van der Waals surface area contributed by atoms with Crippen molar-refractivity contribution < 1.29 is 32.7 Å². The first-order valence-corrected chi connectivity index (χ1v) is 13.3. The second kappa shape index (κ2) is 11.8. The minimum absolute atomic E-state index is 0.129. The molecule has 5 rings (SSSR count). The average molecular weight is 586 g/mol. The highest BCUT2D eigenvalue weighted by atomic mass is 19.4. The third-order valence-corrected chi connectivity index (χ3v) is 7.08.